The van der Waals surface area contributed by atoms with Crippen LogP contribution in [0.25, 0.3) is 0 Å². The summed E-state index contributed by atoms with van der Waals surface area (Å²) in [5, 5.41) is 4.77. The molecule has 5 nitrogen and oxygen atoms in total. The van der Waals surface area contributed by atoms with Crippen LogP contribution in [0, 0.1) is 5.82 Å². The summed E-state index contributed by atoms with van der Waals surface area (Å²) in [4.78, 5) is 26.0. The van der Waals surface area contributed by atoms with Gasteiger partial charge in [-0.05, 0) is 6.07 Å². The Morgan fingerprint density at radius 2 is 2.24 bits per heavy atom. The zero-order chi connectivity index (χ0) is 12.8. The standard InChI is InChI=1S/C10H11ClFN3O2/c1-13-8(16)2-3-14-10(17)7-4-6(12)5-15-9(7)11/h4-5H,2-3H2,1H3,(H,13,16)(H,14,17). The number of pyridine rings is 1. The number of nitrogens with zero attached hydrogens (tertiary/aromatic N) is 1. The minimum absolute atomic E-state index is 0.0522. The molecule has 0 radical (unpaired) electrons. The molecular weight excluding hydrogens is 249 g/mol. The molecule has 7 heteroatoms. The lowest BCUT2D eigenvalue weighted by atomic mass is 10.2. The van der Waals surface area contributed by atoms with E-state index in [1.807, 2.05) is 0 Å². The number of hydrogen-bond acceptors (Lipinski definition) is 3. The van der Waals surface area contributed by atoms with E-state index in [2.05, 4.69) is 15.6 Å². The molecule has 0 atom stereocenters. The van der Waals surface area contributed by atoms with E-state index in [1.165, 1.54) is 7.05 Å². The molecule has 1 heterocycles. The largest absolute Gasteiger partial charge is 0.359 e. The Morgan fingerprint density at radius 1 is 1.53 bits per heavy atom. The summed E-state index contributed by atoms with van der Waals surface area (Å²) in [5.74, 6) is -1.41. The van der Waals surface area contributed by atoms with Crippen molar-refractivity contribution >= 4 is 23.4 Å². The molecule has 0 aliphatic heterocycles. The fourth-order valence-electron chi connectivity index (χ4n) is 1.09. The van der Waals surface area contributed by atoms with Crippen molar-refractivity contribution < 1.29 is 14.0 Å². The van der Waals surface area contributed by atoms with Gasteiger partial charge in [0.05, 0.1) is 11.8 Å². The van der Waals surface area contributed by atoms with Crippen LogP contribution in [0.1, 0.15) is 16.8 Å². The van der Waals surface area contributed by atoms with Gasteiger partial charge in [-0.25, -0.2) is 9.37 Å². The second-order valence-electron chi connectivity index (χ2n) is 3.17. The molecule has 1 rings (SSSR count). The average Bonchev–Trinajstić information content (AvgIpc) is 2.31. The van der Waals surface area contributed by atoms with Crippen LogP contribution in [0.3, 0.4) is 0 Å². The summed E-state index contributed by atoms with van der Waals surface area (Å²) < 4.78 is 12.8. The van der Waals surface area contributed by atoms with E-state index in [0.29, 0.717) is 0 Å². The van der Waals surface area contributed by atoms with E-state index in [4.69, 9.17) is 11.6 Å². The second kappa shape index (κ2) is 6.15. The first-order chi connectivity index (χ1) is 8.04. The number of amides is 2. The highest BCUT2D eigenvalue weighted by Gasteiger charge is 2.12. The van der Waals surface area contributed by atoms with Crippen molar-refractivity contribution in [2.75, 3.05) is 13.6 Å². The molecule has 0 unspecified atom stereocenters. The Morgan fingerprint density at radius 3 is 2.88 bits per heavy atom. The van der Waals surface area contributed by atoms with Crippen LogP contribution in [-0.4, -0.2) is 30.4 Å². The van der Waals surface area contributed by atoms with Gasteiger partial charge in [-0.15, -0.1) is 0 Å². The number of hydrogen-bond donors (Lipinski definition) is 2. The molecule has 0 saturated carbocycles. The van der Waals surface area contributed by atoms with Crippen molar-refractivity contribution in [3.05, 3.63) is 28.8 Å². The minimum atomic E-state index is -0.647. The Bertz CT molecular complexity index is 440. The van der Waals surface area contributed by atoms with E-state index in [1.54, 1.807) is 0 Å². The van der Waals surface area contributed by atoms with Crippen molar-refractivity contribution in [2.24, 2.45) is 0 Å². The Kier molecular flexibility index (Phi) is 4.84. The van der Waals surface area contributed by atoms with Crippen LogP contribution in [-0.2, 0) is 4.79 Å². The van der Waals surface area contributed by atoms with Crippen LogP contribution in [0.15, 0.2) is 12.3 Å². The summed E-state index contributed by atoms with van der Waals surface area (Å²) in [7, 11) is 1.50. The lowest BCUT2D eigenvalue weighted by molar-refractivity contribution is -0.120. The van der Waals surface area contributed by atoms with Gasteiger partial charge < -0.3 is 10.6 Å². The lowest BCUT2D eigenvalue weighted by Gasteiger charge is -2.05. The quantitative estimate of drug-likeness (QED) is 0.784. The van der Waals surface area contributed by atoms with Crippen molar-refractivity contribution in [3.63, 3.8) is 0 Å². The van der Waals surface area contributed by atoms with Crippen molar-refractivity contribution in [2.45, 2.75) is 6.42 Å². The van der Waals surface area contributed by atoms with Crippen molar-refractivity contribution in [1.29, 1.82) is 0 Å². The molecule has 2 N–H and O–H groups in total. The SMILES string of the molecule is CNC(=O)CCNC(=O)c1cc(F)cnc1Cl. The summed E-state index contributed by atoms with van der Waals surface area (Å²) in [6, 6.07) is 0.991. The van der Waals surface area contributed by atoms with Crippen LogP contribution in [0.4, 0.5) is 4.39 Å². The van der Waals surface area contributed by atoms with Crippen LogP contribution < -0.4 is 10.6 Å². The molecule has 92 valence electrons. The predicted molar refractivity (Wildman–Crippen MR) is 60.2 cm³/mol. The topological polar surface area (TPSA) is 71.1 Å². The van der Waals surface area contributed by atoms with E-state index in [9.17, 15) is 14.0 Å². The first-order valence-corrected chi connectivity index (χ1v) is 5.22. The summed E-state index contributed by atoms with van der Waals surface area (Å²) in [6.45, 7) is 0.144. The number of rotatable bonds is 4. The normalized spacial score (nSPS) is 9.82. The summed E-state index contributed by atoms with van der Waals surface area (Å²) in [5.41, 5.74) is -0.0522. The third kappa shape index (κ3) is 3.99. The zero-order valence-corrected chi connectivity index (χ0v) is 9.84. The number of nitrogens with one attached hydrogen (secondary N) is 2. The van der Waals surface area contributed by atoms with E-state index >= 15 is 0 Å². The van der Waals surface area contributed by atoms with Gasteiger partial charge in [0.15, 0.2) is 0 Å². The highest BCUT2D eigenvalue weighted by Crippen LogP contribution is 2.13. The van der Waals surface area contributed by atoms with Crippen LogP contribution in [0.2, 0.25) is 5.15 Å². The Hall–Kier alpha value is -1.69. The van der Waals surface area contributed by atoms with Crippen LogP contribution >= 0.6 is 11.6 Å². The monoisotopic (exact) mass is 259 g/mol. The smallest absolute Gasteiger partial charge is 0.254 e. The lowest BCUT2D eigenvalue weighted by Crippen LogP contribution is -2.29. The third-order valence-corrected chi connectivity index (χ3v) is 2.27. The number of halogens is 2. The fourth-order valence-corrected chi connectivity index (χ4v) is 1.28. The molecule has 17 heavy (non-hydrogen) atoms. The molecule has 1 aromatic rings. The fraction of sp³-hybridized carbons (Fsp3) is 0.300. The van der Waals surface area contributed by atoms with Gasteiger partial charge in [0.2, 0.25) is 5.91 Å². The van der Waals surface area contributed by atoms with E-state index < -0.39 is 11.7 Å². The number of carbonyl (C=O) groups is 2. The minimum Gasteiger partial charge on any atom is -0.359 e. The maximum absolute atomic E-state index is 12.8. The van der Waals surface area contributed by atoms with Gasteiger partial charge in [0.1, 0.15) is 11.0 Å². The van der Waals surface area contributed by atoms with Gasteiger partial charge in [-0.2, -0.15) is 0 Å². The summed E-state index contributed by atoms with van der Waals surface area (Å²) in [6.07, 6.45) is 1.06. The molecule has 0 spiro atoms. The molecule has 0 fully saturated rings. The predicted octanol–water partition coefficient (Wildman–Crippen LogP) is 0.740. The molecule has 1 aromatic heterocycles. The maximum atomic E-state index is 12.8. The molecule has 0 aliphatic carbocycles. The van der Waals surface area contributed by atoms with Crippen LogP contribution in [0.5, 0.6) is 0 Å². The third-order valence-electron chi connectivity index (χ3n) is 1.97. The van der Waals surface area contributed by atoms with E-state index in [-0.39, 0.29) is 29.6 Å². The average molecular weight is 260 g/mol. The number of aromatic nitrogens is 1. The highest BCUT2D eigenvalue weighted by molar-refractivity contribution is 6.32. The molecule has 0 saturated heterocycles. The second-order valence-corrected chi connectivity index (χ2v) is 3.53. The zero-order valence-electron chi connectivity index (χ0n) is 9.09. The van der Waals surface area contributed by atoms with Crippen molar-refractivity contribution in [3.8, 4) is 0 Å². The van der Waals surface area contributed by atoms with E-state index in [0.717, 1.165) is 12.3 Å². The highest BCUT2D eigenvalue weighted by atomic mass is 35.5. The van der Waals surface area contributed by atoms with Gasteiger partial charge in [-0.3, -0.25) is 9.59 Å². The van der Waals surface area contributed by atoms with Gasteiger partial charge in [0, 0.05) is 20.0 Å². The molecule has 2 amide bonds. The Balaban J connectivity index is 2.58. The maximum Gasteiger partial charge on any atom is 0.254 e. The summed E-state index contributed by atoms with van der Waals surface area (Å²) >= 11 is 5.64. The molecular formula is C10H11ClFN3O2. The first-order valence-electron chi connectivity index (χ1n) is 4.84. The van der Waals surface area contributed by atoms with Crippen molar-refractivity contribution in [1.82, 2.24) is 15.6 Å². The van der Waals surface area contributed by atoms with Gasteiger partial charge in [-0.1, -0.05) is 11.6 Å². The van der Waals surface area contributed by atoms with Gasteiger partial charge in [0.25, 0.3) is 5.91 Å². The molecule has 0 aromatic carbocycles. The molecule has 0 aliphatic rings. The first kappa shape index (κ1) is 13.4. The van der Waals surface area contributed by atoms with Gasteiger partial charge >= 0.3 is 0 Å². The Labute approximate surface area is 102 Å². The number of carbonyl (C=O) groups excluding carboxylic acids is 2. The molecule has 0 bridgehead atoms.